The molecule has 0 aliphatic heterocycles. The second-order valence-electron chi connectivity index (χ2n) is 7.36. The van der Waals surface area contributed by atoms with Crippen LogP contribution in [-0.2, 0) is 20.0 Å². The Bertz CT molecular complexity index is 1470. The molecule has 194 valence electrons. The molecule has 0 spiro atoms. The number of hydrogen-bond donors (Lipinski definition) is 4. The summed E-state index contributed by atoms with van der Waals surface area (Å²) in [5.41, 5.74) is -0.283. The van der Waals surface area contributed by atoms with Gasteiger partial charge in [0.05, 0.1) is 35.2 Å². The summed E-state index contributed by atoms with van der Waals surface area (Å²) >= 11 is 1.92. The fourth-order valence-electron chi connectivity index (χ4n) is 2.93. The lowest BCUT2D eigenvalue weighted by Gasteiger charge is -2.19. The first-order valence-electron chi connectivity index (χ1n) is 10.4. The summed E-state index contributed by atoms with van der Waals surface area (Å²) in [5, 5.41) is 11.8. The summed E-state index contributed by atoms with van der Waals surface area (Å²) in [4.78, 5) is 0. The average Bonchev–Trinajstić information content (AvgIpc) is 2.78. The minimum atomic E-state index is -4.11. The summed E-state index contributed by atoms with van der Waals surface area (Å²) < 4.78 is 88.7. The molecule has 0 aliphatic carbocycles. The summed E-state index contributed by atoms with van der Waals surface area (Å²) in [7, 11) is -7.69. The Morgan fingerprint density at radius 3 is 2.36 bits per heavy atom. The third-order valence-corrected chi connectivity index (χ3v) is 7.81. The molecule has 0 saturated carbocycles. The Morgan fingerprint density at radius 2 is 1.69 bits per heavy atom. The average molecular weight is 653 g/mol. The van der Waals surface area contributed by atoms with Crippen molar-refractivity contribution in [3.05, 3.63) is 69.8 Å². The van der Waals surface area contributed by atoms with Crippen molar-refractivity contribution >= 4 is 65.4 Å². The Morgan fingerprint density at radius 1 is 0.944 bits per heavy atom. The van der Waals surface area contributed by atoms with E-state index in [4.69, 9.17) is 9.84 Å². The highest BCUT2D eigenvalue weighted by Crippen LogP contribution is 2.40. The van der Waals surface area contributed by atoms with Gasteiger partial charge in [0.2, 0.25) is 20.0 Å². The number of ether oxygens (including phenoxy) is 1. The van der Waals surface area contributed by atoms with Gasteiger partial charge in [-0.3, -0.25) is 9.44 Å². The lowest BCUT2D eigenvalue weighted by Crippen LogP contribution is -2.20. The van der Waals surface area contributed by atoms with Gasteiger partial charge in [-0.25, -0.2) is 25.6 Å². The van der Waals surface area contributed by atoms with E-state index in [9.17, 15) is 25.6 Å². The van der Waals surface area contributed by atoms with Gasteiger partial charge in [0, 0.05) is 15.7 Å². The highest BCUT2D eigenvalue weighted by atomic mass is 127. The van der Waals surface area contributed by atoms with Gasteiger partial charge in [-0.05, 0) is 65.9 Å². The summed E-state index contributed by atoms with van der Waals surface area (Å²) in [6.07, 6.45) is 0. The van der Waals surface area contributed by atoms with E-state index in [1.807, 2.05) is 22.6 Å². The lowest BCUT2D eigenvalue weighted by molar-refractivity contribution is 0.320. The zero-order chi connectivity index (χ0) is 26.5. The molecule has 4 N–H and O–H groups in total. The quantitative estimate of drug-likeness (QED) is 0.223. The molecule has 14 heteroatoms. The normalized spacial score (nSPS) is 11.7. The molecule has 0 heterocycles. The minimum Gasteiger partial charge on any atom is -0.455 e. The number of aliphatic hydroxyl groups is 1. The van der Waals surface area contributed by atoms with Crippen molar-refractivity contribution in [3.63, 3.8) is 0 Å². The first kappa shape index (κ1) is 27.9. The summed E-state index contributed by atoms with van der Waals surface area (Å²) in [5.74, 6) is -2.54. The molecule has 3 aromatic rings. The highest BCUT2D eigenvalue weighted by molar-refractivity contribution is 14.1. The van der Waals surface area contributed by atoms with Gasteiger partial charge in [0.15, 0.2) is 5.75 Å². The lowest BCUT2D eigenvalue weighted by atomic mass is 10.2. The van der Waals surface area contributed by atoms with Crippen LogP contribution in [0.3, 0.4) is 0 Å². The van der Waals surface area contributed by atoms with Crippen LogP contribution in [0.15, 0.2) is 54.6 Å². The van der Waals surface area contributed by atoms with Crippen molar-refractivity contribution in [2.24, 2.45) is 0 Å². The van der Waals surface area contributed by atoms with Crippen molar-refractivity contribution in [2.75, 3.05) is 32.9 Å². The van der Waals surface area contributed by atoms with E-state index in [0.717, 1.165) is 12.1 Å². The fourth-order valence-corrected chi connectivity index (χ4v) is 4.88. The molecule has 3 rings (SSSR count). The zero-order valence-electron chi connectivity index (χ0n) is 18.8. The molecule has 0 atom stereocenters. The van der Waals surface area contributed by atoms with E-state index in [-0.39, 0.29) is 40.0 Å². The van der Waals surface area contributed by atoms with Crippen LogP contribution in [-0.4, -0.2) is 40.1 Å². The number of rotatable bonds is 11. The molecule has 3 aromatic carbocycles. The van der Waals surface area contributed by atoms with Crippen LogP contribution in [0.1, 0.15) is 6.92 Å². The predicted molar refractivity (Wildman–Crippen MR) is 143 cm³/mol. The van der Waals surface area contributed by atoms with Crippen LogP contribution in [0.2, 0.25) is 0 Å². The number of halogens is 3. The smallest absolute Gasteiger partial charge is 0.235 e. The van der Waals surface area contributed by atoms with Gasteiger partial charge in [-0.15, -0.1) is 0 Å². The first-order valence-corrected chi connectivity index (χ1v) is 14.7. The van der Waals surface area contributed by atoms with Crippen LogP contribution in [0.25, 0.3) is 0 Å². The maximum atomic E-state index is 14.6. The van der Waals surface area contributed by atoms with Gasteiger partial charge in [0.1, 0.15) is 23.1 Å². The molecule has 0 radical (unpaired) electrons. The first-order chi connectivity index (χ1) is 16.9. The van der Waals surface area contributed by atoms with Crippen molar-refractivity contribution in [2.45, 2.75) is 6.92 Å². The Kier molecular flexibility index (Phi) is 8.97. The second kappa shape index (κ2) is 11.6. The number of hydrogen-bond acceptors (Lipinski definition) is 7. The number of anilines is 4. The van der Waals surface area contributed by atoms with E-state index in [0.29, 0.717) is 3.57 Å². The molecule has 36 heavy (non-hydrogen) atoms. The van der Waals surface area contributed by atoms with Crippen LogP contribution < -0.4 is 19.5 Å². The number of benzene rings is 3. The monoisotopic (exact) mass is 653 g/mol. The van der Waals surface area contributed by atoms with Crippen molar-refractivity contribution in [1.29, 1.82) is 0 Å². The molecule has 0 unspecified atom stereocenters. The maximum absolute atomic E-state index is 14.6. The SMILES string of the molecule is CCS(=O)(=O)Nc1cccc(Oc2cc(F)cc(Nc3ccc(I)cc3F)c2NS(=O)(=O)CCO)c1. The van der Waals surface area contributed by atoms with E-state index < -0.39 is 44.0 Å². The number of aliphatic hydroxyl groups excluding tert-OH is 1. The number of sulfonamides is 2. The van der Waals surface area contributed by atoms with Gasteiger partial charge in [0.25, 0.3) is 0 Å². The summed E-state index contributed by atoms with van der Waals surface area (Å²) in [6, 6.07) is 11.8. The third-order valence-electron chi connectivity index (χ3n) is 4.60. The zero-order valence-corrected chi connectivity index (χ0v) is 22.5. The highest BCUT2D eigenvalue weighted by Gasteiger charge is 2.21. The molecule has 0 amide bonds. The predicted octanol–water partition coefficient (Wildman–Crippen LogP) is 4.60. The molecular weight excluding hydrogens is 631 g/mol. The van der Waals surface area contributed by atoms with Gasteiger partial charge < -0.3 is 15.2 Å². The van der Waals surface area contributed by atoms with Gasteiger partial charge >= 0.3 is 0 Å². The summed E-state index contributed by atoms with van der Waals surface area (Å²) in [6.45, 7) is 0.784. The van der Waals surface area contributed by atoms with Crippen LogP contribution in [0, 0.1) is 15.2 Å². The van der Waals surface area contributed by atoms with Crippen LogP contribution in [0.5, 0.6) is 11.5 Å². The maximum Gasteiger partial charge on any atom is 0.235 e. The Labute approximate surface area is 221 Å². The van der Waals surface area contributed by atoms with Crippen LogP contribution >= 0.6 is 22.6 Å². The largest absolute Gasteiger partial charge is 0.455 e. The molecule has 0 saturated heterocycles. The van der Waals surface area contributed by atoms with Crippen molar-refractivity contribution in [3.8, 4) is 11.5 Å². The van der Waals surface area contributed by atoms with E-state index in [1.54, 1.807) is 6.07 Å². The molecule has 0 bridgehead atoms. The third kappa shape index (κ3) is 7.65. The minimum absolute atomic E-state index is 0.0504. The molecule has 0 aromatic heterocycles. The number of nitrogens with one attached hydrogen (secondary N) is 3. The Balaban J connectivity index is 2.07. The van der Waals surface area contributed by atoms with E-state index in [2.05, 4.69) is 14.8 Å². The molecular formula is C22H22F2IN3O6S2. The molecule has 0 fully saturated rings. The Hall–Kier alpha value is -2.69. The van der Waals surface area contributed by atoms with E-state index >= 15 is 0 Å². The van der Waals surface area contributed by atoms with Gasteiger partial charge in [-0.2, -0.15) is 0 Å². The fraction of sp³-hybridized carbons (Fsp3) is 0.182. The van der Waals surface area contributed by atoms with Crippen molar-refractivity contribution in [1.82, 2.24) is 0 Å². The topological polar surface area (TPSA) is 134 Å². The van der Waals surface area contributed by atoms with Crippen LogP contribution in [0.4, 0.5) is 31.5 Å². The van der Waals surface area contributed by atoms with Gasteiger partial charge in [-0.1, -0.05) is 6.07 Å². The van der Waals surface area contributed by atoms with E-state index in [1.165, 1.54) is 43.3 Å². The van der Waals surface area contributed by atoms with Crippen molar-refractivity contribution < 1.29 is 35.5 Å². The second-order valence-corrected chi connectivity index (χ2v) is 12.5. The molecule has 0 aliphatic rings. The molecule has 9 nitrogen and oxygen atoms in total. The standard InChI is InChI=1S/C22H22F2IN3O6S2/c1-2-35(30,31)27-16-4-3-5-17(13-16)34-21-11-14(23)10-20(22(21)28-36(32,33)9-8-29)26-19-7-6-15(25)12-18(19)24/h3-7,10-13,26-29H,2,8-9H2,1H3.